The minimum Gasteiger partial charge on any atom is -0.390 e. The summed E-state index contributed by atoms with van der Waals surface area (Å²) in [5.41, 5.74) is 0.906. The van der Waals surface area contributed by atoms with Crippen molar-refractivity contribution in [3.05, 3.63) is 24.0 Å². The molecule has 0 fully saturated rings. The molecule has 1 N–H and O–H groups in total. The molecule has 0 aliphatic carbocycles. The first-order chi connectivity index (χ1) is 7.03. The van der Waals surface area contributed by atoms with Crippen LogP contribution in [0.15, 0.2) is 18.3 Å². The van der Waals surface area contributed by atoms with E-state index in [9.17, 15) is 0 Å². The Morgan fingerprint density at radius 2 is 2.13 bits per heavy atom. The highest BCUT2D eigenvalue weighted by molar-refractivity contribution is 6.76. The van der Waals surface area contributed by atoms with Gasteiger partial charge in [0.2, 0.25) is 0 Å². The molecule has 0 aliphatic heterocycles. The van der Waals surface area contributed by atoms with Gasteiger partial charge in [0, 0.05) is 26.6 Å². The van der Waals surface area contributed by atoms with Gasteiger partial charge in [-0.2, -0.15) is 0 Å². The summed E-state index contributed by atoms with van der Waals surface area (Å²) in [6.45, 7) is 8.46. The third kappa shape index (κ3) is 4.64. The van der Waals surface area contributed by atoms with Gasteiger partial charge in [-0.05, 0) is 18.2 Å². The van der Waals surface area contributed by atoms with E-state index >= 15 is 0 Å². The molecule has 86 valence electrons. The van der Waals surface area contributed by atoms with E-state index in [1.54, 1.807) is 0 Å². The molecule has 1 aromatic heterocycles. The molecule has 1 aromatic rings. The van der Waals surface area contributed by atoms with Crippen LogP contribution >= 0.6 is 0 Å². The van der Waals surface area contributed by atoms with E-state index in [2.05, 4.69) is 19.6 Å². The van der Waals surface area contributed by atoms with Crippen molar-refractivity contribution in [2.75, 3.05) is 6.61 Å². The lowest BCUT2D eigenvalue weighted by atomic mass is 10.5. The van der Waals surface area contributed by atoms with E-state index in [0.717, 1.165) is 12.3 Å². The molecular formula is C11H21NO2Si. The Bertz CT molecular complexity index is 291. The van der Waals surface area contributed by atoms with Crippen molar-refractivity contribution in [2.45, 2.75) is 39.0 Å². The van der Waals surface area contributed by atoms with Crippen molar-refractivity contribution in [3.63, 3.8) is 0 Å². The molecule has 0 unspecified atom stereocenters. The lowest BCUT2D eigenvalue weighted by molar-refractivity contribution is 0.0825. The maximum absolute atomic E-state index is 9.02. The second kappa shape index (κ2) is 5.49. The first-order valence-electron chi connectivity index (χ1n) is 5.35. The first-order valence-corrected chi connectivity index (χ1v) is 9.06. The number of aliphatic hydroxyl groups excluding tert-OH is 1. The zero-order valence-corrected chi connectivity index (χ0v) is 10.9. The molecule has 0 saturated carbocycles. The third-order valence-electron chi connectivity index (χ3n) is 2.31. The second-order valence-electron chi connectivity index (χ2n) is 4.98. The average molecular weight is 227 g/mol. The Hall–Kier alpha value is -0.583. The highest BCUT2D eigenvalue weighted by Gasteiger charge is 2.12. The summed E-state index contributed by atoms with van der Waals surface area (Å²) >= 11 is 0. The molecule has 0 aromatic carbocycles. The van der Waals surface area contributed by atoms with Gasteiger partial charge in [0.15, 0.2) is 0 Å². The van der Waals surface area contributed by atoms with Crippen LogP contribution in [0.25, 0.3) is 0 Å². The van der Waals surface area contributed by atoms with Crippen LogP contribution in [0, 0.1) is 0 Å². The number of ether oxygens (including phenoxy) is 1. The highest BCUT2D eigenvalue weighted by atomic mass is 28.3. The summed E-state index contributed by atoms with van der Waals surface area (Å²) in [5.74, 6) is 0. The zero-order chi connectivity index (χ0) is 11.3. The Labute approximate surface area is 92.7 Å². The molecule has 1 heterocycles. The van der Waals surface area contributed by atoms with Crippen molar-refractivity contribution in [1.82, 2.24) is 4.57 Å². The van der Waals surface area contributed by atoms with Gasteiger partial charge >= 0.3 is 0 Å². The lowest BCUT2D eigenvalue weighted by Crippen LogP contribution is -2.22. The summed E-state index contributed by atoms with van der Waals surface area (Å²) < 4.78 is 7.52. The fourth-order valence-corrected chi connectivity index (χ4v) is 2.02. The number of hydrogen-bond donors (Lipinski definition) is 1. The smallest absolute Gasteiger partial charge is 0.122 e. The monoisotopic (exact) mass is 227 g/mol. The van der Waals surface area contributed by atoms with Gasteiger partial charge in [-0.3, -0.25) is 0 Å². The van der Waals surface area contributed by atoms with Gasteiger partial charge in [-0.15, -0.1) is 0 Å². The van der Waals surface area contributed by atoms with Crippen molar-refractivity contribution in [1.29, 1.82) is 0 Å². The zero-order valence-electron chi connectivity index (χ0n) is 9.86. The Morgan fingerprint density at radius 3 is 2.73 bits per heavy atom. The van der Waals surface area contributed by atoms with Crippen LogP contribution in [0.4, 0.5) is 0 Å². The summed E-state index contributed by atoms with van der Waals surface area (Å²) in [5, 5.41) is 9.02. The fraction of sp³-hybridized carbons (Fsp3) is 0.636. The van der Waals surface area contributed by atoms with Crippen LogP contribution in [0.1, 0.15) is 5.69 Å². The molecule has 0 aliphatic rings. The maximum Gasteiger partial charge on any atom is 0.122 e. The largest absolute Gasteiger partial charge is 0.390 e. The van der Waals surface area contributed by atoms with Crippen molar-refractivity contribution >= 4 is 8.07 Å². The molecule has 0 saturated heterocycles. The van der Waals surface area contributed by atoms with Crippen molar-refractivity contribution < 1.29 is 9.84 Å². The van der Waals surface area contributed by atoms with E-state index in [-0.39, 0.29) is 6.61 Å². The van der Waals surface area contributed by atoms with Gasteiger partial charge in [-0.1, -0.05) is 19.6 Å². The molecule has 0 spiro atoms. The van der Waals surface area contributed by atoms with E-state index in [1.165, 1.54) is 6.04 Å². The van der Waals surface area contributed by atoms with Gasteiger partial charge < -0.3 is 14.4 Å². The van der Waals surface area contributed by atoms with Crippen LogP contribution in [0.5, 0.6) is 0 Å². The van der Waals surface area contributed by atoms with Crippen molar-refractivity contribution in [3.8, 4) is 0 Å². The summed E-state index contributed by atoms with van der Waals surface area (Å²) in [7, 11) is -0.985. The summed E-state index contributed by atoms with van der Waals surface area (Å²) in [4.78, 5) is 0. The summed E-state index contributed by atoms with van der Waals surface area (Å²) in [6, 6.07) is 5.01. The summed E-state index contributed by atoms with van der Waals surface area (Å²) in [6.07, 6.45) is 1.93. The number of rotatable bonds is 6. The highest BCUT2D eigenvalue weighted by Crippen LogP contribution is 2.08. The Balaban J connectivity index is 2.26. The number of hydrogen-bond acceptors (Lipinski definition) is 2. The molecular weight excluding hydrogens is 206 g/mol. The average Bonchev–Trinajstić information content (AvgIpc) is 2.58. The molecule has 15 heavy (non-hydrogen) atoms. The quantitative estimate of drug-likeness (QED) is 0.598. The van der Waals surface area contributed by atoms with Crippen LogP contribution in [0.3, 0.4) is 0 Å². The van der Waals surface area contributed by atoms with Crippen molar-refractivity contribution in [2.24, 2.45) is 0 Å². The molecule has 0 amide bonds. The predicted molar refractivity (Wildman–Crippen MR) is 64.5 cm³/mol. The van der Waals surface area contributed by atoms with Gasteiger partial charge in [0.05, 0.1) is 6.61 Å². The van der Waals surface area contributed by atoms with Gasteiger partial charge in [0.1, 0.15) is 6.73 Å². The molecule has 0 radical (unpaired) electrons. The number of aromatic nitrogens is 1. The molecule has 0 atom stereocenters. The number of nitrogens with zero attached hydrogens (tertiary/aromatic N) is 1. The van der Waals surface area contributed by atoms with Gasteiger partial charge in [0.25, 0.3) is 0 Å². The van der Waals surface area contributed by atoms with E-state index in [0.29, 0.717) is 6.73 Å². The van der Waals surface area contributed by atoms with Crippen LogP contribution in [-0.2, 0) is 18.1 Å². The predicted octanol–water partition coefficient (Wildman–Crippen LogP) is 2.29. The Morgan fingerprint density at radius 1 is 1.40 bits per heavy atom. The molecule has 1 rings (SSSR count). The first kappa shape index (κ1) is 12.5. The maximum atomic E-state index is 9.02. The Kier molecular flexibility index (Phi) is 4.57. The van der Waals surface area contributed by atoms with Crippen LogP contribution in [-0.4, -0.2) is 24.4 Å². The fourth-order valence-electron chi connectivity index (χ4n) is 1.26. The van der Waals surface area contributed by atoms with E-state index in [4.69, 9.17) is 9.84 Å². The normalized spacial score (nSPS) is 12.0. The van der Waals surface area contributed by atoms with E-state index in [1.807, 2.05) is 22.9 Å². The molecule has 3 nitrogen and oxygen atoms in total. The van der Waals surface area contributed by atoms with E-state index < -0.39 is 8.07 Å². The van der Waals surface area contributed by atoms with Crippen LogP contribution < -0.4 is 0 Å². The standard InChI is InChI=1S/C11H21NO2Si/c1-15(2,3)8-7-14-10-12-6-4-5-11(12)9-13/h4-6,13H,7-10H2,1-3H3. The second-order valence-corrected chi connectivity index (χ2v) is 10.6. The minimum atomic E-state index is -0.985. The number of aliphatic hydroxyl groups is 1. The SMILES string of the molecule is C[Si](C)(C)CCOCn1cccc1CO. The molecule has 0 bridgehead atoms. The lowest BCUT2D eigenvalue weighted by Gasteiger charge is -2.16. The topological polar surface area (TPSA) is 34.4 Å². The van der Waals surface area contributed by atoms with Gasteiger partial charge in [-0.25, -0.2) is 0 Å². The minimum absolute atomic E-state index is 0.0738. The molecule has 4 heteroatoms. The van der Waals surface area contributed by atoms with Crippen LogP contribution in [0.2, 0.25) is 25.7 Å². The third-order valence-corrected chi connectivity index (χ3v) is 4.02.